The molecule has 1 saturated heterocycles. The maximum absolute atomic E-state index is 13.5. The van der Waals surface area contributed by atoms with Crippen LogP contribution in [0, 0.1) is 13.8 Å². The lowest BCUT2D eigenvalue weighted by Crippen LogP contribution is -2.50. The molecule has 0 aliphatic carbocycles. The number of rotatable bonds is 6. The molecular formula is C27H31N3O2. The zero-order valence-electron chi connectivity index (χ0n) is 19.0. The largest absolute Gasteiger partial charge is 0.495 e. The zero-order chi connectivity index (χ0) is 22.5. The normalized spacial score (nSPS) is 15.3. The number of aryl methyl sites for hydroxylation is 2. The molecular weight excluding hydrogens is 398 g/mol. The Kier molecular flexibility index (Phi) is 6.76. The van der Waals surface area contributed by atoms with Gasteiger partial charge in [0.05, 0.1) is 12.8 Å². The van der Waals surface area contributed by atoms with Crippen LogP contribution in [0.5, 0.6) is 5.75 Å². The van der Waals surface area contributed by atoms with E-state index in [-0.39, 0.29) is 11.9 Å². The molecule has 0 spiro atoms. The van der Waals surface area contributed by atoms with Gasteiger partial charge in [0.2, 0.25) is 5.91 Å². The Morgan fingerprint density at radius 3 is 2.31 bits per heavy atom. The first-order valence-electron chi connectivity index (χ1n) is 11.1. The third-order valence-corrected chi connectivity index (χ3v) is 6.12. The van der Waals surface area contributed by atoms with Crippen molar-refractivity contribution in [1.82, 2.24) is 4.90 Å². The van der Waals surface area contributed by atoms with Crippen LogP contribution in [0.3, 0.4) is 0 Å². The van der Waals surface area contributed by atoms with E-state index in [4.69, 9.17) is 4.74 Å². The molecule has 1 N–H and O–H groups in total. The molecule has 1 aliphatic heterocycles. The van der Waals surface area contributed by atoms with Crippen LogP contribution < -0.4 is 15.0 Å². The van der Waals surface area contributed by atoms with Gasteiger partial charge in [-0.15, -0.1) is 0 Å². The predicted octanol–water partition coefficient (Wildman–Crippen LogP) is 4.81. The molecule has 0 radical (unpaired) electrons. The van der Waals surface area contributed by atoms with Gasteiger partial charge in [-0.25, -0.2) is 0 Å². The Bertz CT molecular complexity index is 1060. The molecule has 1 atom stereocenters. The average molecular weight is 430 g/mol. The van der Waals surface area contributed by atoms with Gasteiger partial charge in [0, 0.05) is 31.9 Å². The third kappa shape index (κ3) is 4.78. The minimum atomic E-state index is -0.337. The molecule has 0 bridgehead atoms. The van der Waals surface area contributed by atoms with E-state index in [9.17, 15) is 4.79 Å². The monoisotopic (exact) mass is 429 g/mol. The summed E-state index contributed by atoms with van der Waals surface area (Å²) >= 11 is 0. The predicted molar refractivity (Wildman–Crippen MR) is 131 cm³/mol. The molecule has 0 aromatic heterocycles. The first-order valence-corrected chi connectivity index (χ1v) is 11.1. The number of nitrogens with zero attached hydrogens (tertiary/aromatic N) is 2. The number of para-hydroxylation sites is 2. The number of carbonyl (C=O) groups is 1. The van der Waals surface area contributed by atoms with E-state index in [1.54, 1.807) is 7.11 Å². The standard InChI is InChI=1S/C27H31N3O2/c1-20-13-14-21(2)23(19-20)28-27(31)26(22-9-5-4-6-10-22)30-17-15-29(16-18-30)24-11-7-8-12-25(24)32-3/h4-14,19,26H,15-18H2,1-3H3,(H,28,31)/t26-/m1/s1. The van der Waals surface area contributed by atoms with Crippen LogP contribution in [0.15, 0.2) is 72.8 Å². The summed E-state index contributed by atoms with van der Waals surface area (Å²) in [6.45, 7) is 7.32. The summed E-state index contributed by atoms with van der Waals surface area (Å²) in [5.41, 5.74) is 5.19. The Balaban J connectivity index is 1.54. The van der Waals surface area contributed by atoms with Crippen molar-refractivity contribution >= 4 is 17.3 Å². The van der Waals surface area contributed by atoms with Crippen LogP contribution >= 0.6 is 0 Å². The molecule has 5 heteroatoms. The fourth-order valence-corrected chi connectivity index (χ4v) is 4.35. The van der Waals surface area contributed by atoms with Gasteiger partial charge in [-0.1, -0.05) is 54.6 Å². The van der Waals surface area contributed by atoms with E-state index in [0.29, 0.717) is 0 Å². The van der Waals surface area contributed by atoms with Crippen molar-refractivity contribution in [2.45, 2.75) is 19.9 Å². The summed E-state index contributed by atoms with van der Waals surface area (Å²) in [6.07, 6.45) is 0. The van der Waals surface area contributed by atoms with Crippen molar-refractivity contribution in [3.63, 3.8) is 0 Å². The number of methoxy groups -OCH3 is 1. The smallest absolute Gasteiger partial charge is 0.246 e. The SMILES string of the molecule is COc1ccccc1N1CCN([C@@H](C(=O)Nc2cc(C)ccc2C)c2ccccc2)CC1. The van der Waals surface area contributed by atoms with E-state index in [1.165, 1.54) is 0 Å². The van der Waals surface area contributed by atoms with E-state index in [1.807, 2.05) is 68.4 Å². The summed E-state index contributed by atoms with van der Waals surface area (Å²) in [7, 11) is 1.71. The van der Waals surface area contributed by atoms with Crippen molar-refractivity contribution < 1.29 is 9.53 Å². The molecule has 1 heterocycles. The second kappa shape index (κ2) is 9.88. The van der Waals surface area contributed by atoms with Crippen molar-refractivity contribution in [2.75, 3.05) is 43.5 Å². The molecule has 32 heavy (non-hydrogen) atoms. The van der Waals surface area contributed by atoms with Gasteiger partial charge < -0.3 is 15.0 Å². The van der Waals surface area contributed by atoms with Crippen LogP contribution in [0.2, 0.25) is 0 Å². The van der Waals surface area contributed by atoms with E-state index in [2.05, 4.69) is 33.3 Å². The fraction of sp³-hybridized carbons (Fsp3) is 0.296. The van der Waals surface area contributed by atoms with Gasteiger partial charge >= 0.3 is 0 Å². The van der Waals surface area contributed by atoms with Gasteiger partial charge in [-0.2, -0.15) is 0 Å². The lowest BCUT2D eigenvalue weighted by molar-refractivity contribution is -0.121. The topological polar surface area (TPSA) is 44.8 Å². The highest BCUT2D eigenvalue weighted by Gasteiger charge is 2.31. The summed E-state index contributed by atoms with van der Waals surface area (Å²) in [5.74, 6) is 0.892. The fourth-order valence-electron chi connectivity index (χ4n) is 4.35. The summed E-state index contributed by atoms with van der Waals surface area (Å²) in [5, 5.41) is 3.19. The summed E-state index contributed by atoms with van der Waals surface area (Å²) < 4.78 is 5.55. The third-order valence-electron chi connectivity index (χ3n) is 6.12. The maximum atomic E-state index is 13.5. The van der Waals surface area contributed by atoms with E-state index < -0.39 is 0 Å². The second-order valence-corrected chi connectivity index (χ2v) is 8.32. The number of nitrogens with one attached hydrogen (secondary N) is 1. The molecule has 166 valence electrons. The minimum Gasteiger partial charge on any atom is -0.495 e. The average Bonchev–Trinajstić information content (AvgIpc) is 2.83. The van der Waals surface area contributed by atoms with Crippen LogP contribution in [0.25, 0.3) is 0 Å². The van der Waals surface area contributed by atoms with Crippen LogP contribution in [0.1, 0.15) is 22.7 Å². The lowest BCUT2D eigenvalue weighted by Gasteiger charge is -2.40. The molecule has 1 fully saturated rings. The number of hydrogen-bond acceptors (Lipinski definition) is 4. The highest BCUT2D eigenvalue weighted by Crippen LogP contribution is 2.31. The van der Waals surface area contributed by atoms with Gasteiger partial charge in [-0.3, -0.25) is 9.69 Å². The van der Waals surface area contributed by atoms with Gasteiger partial charge in [0.1, 0.15) is 11.8 Å². The van der Waals surface area contributed by atoms with Crippen molar-refractivity contribution in [2.24, 2.45) is 0 Å². The lowest BCUT2D eigenvalue weighted by atomic mass is 10.0. The van der Waals surface area contributed by atoms with Crippen molar-refractivity contribution in [3.05, 3.63) is 89.5 Å². The van der Waals surface area contributed by atoms with Crippen molar-refractivity contribution in [1.29, 1.82) is 0 Å². The molecule has 3 aromatic carbocycles. The van der Waals surface area contributed by atoms with Gasteiger partial charge in [0.25, 0.3) is 0 Å². The number of hydrogen-bond donors (Lipinski definition) is 1. The van der Waals surface area contributed by atoms with Gasteiger partial charge in [0.15, 0.2) is 0 Å². The Morgan fingerprint density at radius 1 is 0.906 bits per heavy atom. The highest BCUT2D eigenvalue weighted by atomic mass is 16.5. The molecule has 4 rings (SSSR count). The molecule has 3 aromatic rings. The van der Waals surface area contributed by atoms with Crippen LogP contribution in [-0.2, 0) is 4.79 Å². The first-order chi connectivity index (χ1) is 15.6. The number of ether oxygens (including phenoxy) is 1. The maximum Gasteiger partial charge on any atom is 0.246 e. The number of amides is 1. The molecule has 0 unspecified atom stereocenters. The van der Waals surface area contributed by atoms with E-state index in [0.717, 1.165) is 60.0 Å². The Morgan fingerprint density at radius 2 is 1.59 bits per heavy atom. The molecule has 1 aliphatic rings. The Hall–Kier alpha value is -3.31. The number of carbonyl (C=O) groups excluding carboxylic acids is 1. The van der Waals surface area contributed by atoms with E-state index >= 15 is 0 Å². The van der Waals surface area contributed by atoms with Gasteiger partial charge in [-0.05, 0) is 48.7 Å². The number of benzene rings is 3. The summed E-state index contributed by atoms with van der Waals surface area (Å²) in [4.78, 5) is 18.2. The number of anilines is 2. The quantitative estimate of drug-likeness (QED) is 0.611. The second-order valence-electron chi connectivity index (χ2n) is 8.32. The molecule has 0 saturated carbocycles. The molecule has 5 nitrogen and oxygen atoms in total. The van der Waals surface area contributed by atoms with Crippen LogP contribution in [0.4, 0.5) is 11.4 Å². The van der Waals surface area contributed by atoms with Crippen molar-refractivity contribution in [3.8, 4) is 5.75 Å². The van der Waals surface area contributed by atoms with Crippen LogP contribution in [-0.4, -0.2) is 44.1 Å². The molecule has 1 amide bonds. The highest BCUT2D eigenvalue weighted by molar-refractivity contribution is 5.96. The zero-order valence-corrected chi connectivity index (χ0v) is 19.0. The first kappa shape index (κ1) is 21.9. The minimum absolute atomic E-state index is 0.00985. The number of piperazine rings is 1. The summed E-state index contributed by atoms with van der Waals surface area (Å²) in [6, 6.07) is 24.0. The Labute approximate surface area is 190 Å².